The Morgan fingerprint density at radius 1 is 1.26 bits per heavy atom. The number of piperidine rings is 1. The number of hydrogen-bond acceptors (Lipinski definition) is 5. The van der Waals surface area contributed by atoms with Crippen LogP contribution in [0.5, 0.6) is 0 Å². The van der Waals surface area contributed by atoms with Crippen molar-refractivity contribution in [3.05, 3.63) is 29.7 Å². The summed E-state index contributed by atoms with van der Waals surface area (Å²) in [6, 6.07) is 2.01. The zero-order chi connectivity index (χ0) is 15.6. The van der Waals surface area contributed by atoms with E-state index in [-0.39, 0.29) is 12.1 Å². The van der Waals surface area contributed by atoms with E-state index in [2.05, 4.69) is 25.8 Å². The lowest BCUT2D eigenvalue weighted by atomic mass is 10.1. The predicted molar refractivity (Wildman–Crippen MR) is 82.9 cm³/mol. The first kappa shape index (κ1) is 14.1. The molecule has 0 bridgehead atoms. The standard InChI is InChI=1S/C15H19N7O/c23-15(17-14-9-11-3-1-5-13(11)18-19-14)21-7-2-4-12(10-21)22-8-6-16-20-22/h6,8-9,12H,1-5,7,10H2,(H,17,19,23). The molecule has 0 radical (unpaired) electrons. The molecule has 120 valence electrons. The number of fused-ring (bicyclic) bond motifs is 1. The van der Waals surface area contributed by atoms with Crippen LogP contribution in [-0.2, 0) is 12.8 Å². The number of nitrogens with zero attached hydrogens (tertiary/aromatic N) is 6. The van der Waals surface area contributed by atoms with Gasteiger partial charge in [-0.15, -0.1) is 10.2 Å². The molecule has 1 saturated heterocycles. The molecular formula is C15H19N7O. The van der Waals surface area contributed by atoms with E-state index in [0.29, 0.717) is 12.4 Å². The van der Waals surface area contributed by atoms with Gasteiger partial charge in [-0.1, -0.05) is 5.21 Å². The van der Waals surface area contributed by atoms with Crippen molar-refractivity contribution in [3.8, 4) is 0 Å². The molecule has 0 aromatic carbocycles. The minimum absolute atomic E-state index is 0.123. The van der Waals surface area contributed by atoms with Crippen LogP contribution in [-0.4, -0.2) is 49.2 Å². The fraction of sp³-hybridized carbons (Fsp3) is 0.533. The minimum atomic E-state index is -0.123. The Bertz CT molecular complexity index is 700. The molecule has 4 rings (SSSR count). The number of carbonyl (C=O) groups excluding carboxylic acids is 1. The van der Waals surface area contributed by atoms with E-state index in [4.69, 9.17) is 0 Å². The first-order chi connectivity index (χ1) is 11.3. The van der Waals surface area contributed by atoms with Gasteiger partial charge in [-0.2, -0.15) is 5.10 Å². The molecule has 0 spiro atoms. The highest BCUT2D eigenvalue weighted by molar-refractivity contribution is 5.88. The first-order valence-corrected chi connectivity index (χ1v) is 8.07. The zero-order valence-electron chi connectivity index (χ0n) is 12.9. The molecule has 23 heavy (non-hydrogen) atoms. The van der Waals surface area contributed by atoms with Gasteiger partial charge in [0.1, 0.15) is 0 Å². The van der Waals surface area contributed by atoms with Gasteiger partial charge < -0.3 is 4.90 Å². The molecule has 8 nitrogen and oxygen atoms in total. The van der Waals surface area contributed by atoms with Gasteiger partial charge in [0.05, 0.1) is 17.9 Å². The highest BCUT2D eigenvalue weighted by Crippen LogP contribution is 2.23. The summed E-state index contributed by atoms with van der Waals surface area (Å²) in [6.45, 7) is 1.38. The van der Waals surface area contributed by atoms with Crippen LogP contribution in [0.3, 0.4) is 0 Å². The van der Waals surface area contributed by atoms with Crippen LogP contribution < -0.4 is 5.32 Å². The molecule has 1 aliphatic carbocycles. The number of hydrogen-bond donors (Lipinski definition) is 1. The van der Waals surface area contributed by atoms with Crippen LogP contribution in [0, 0.1) is 0 Å². The number of carbonyl (C=O) groups is 1. The second-order valence-electron chi connectivity index (χ2n) is 6.11. The lowest BCUT2D eigenvalue weighted by molar-refractivity contribution is 0.174. The molecule has 2 aliphatic rings. The fourth-order valence-corrected chi connectivity index (χ4v) is 3.35. The van der Waals surface area contributed by atoms with Crippen molar-refractivity contribution in [2.75, 3.05) is 18.4 Å². The van der Waals surface area contributed by atoms with Crippen LogP contribution in [0.15, 0.2) is 18.5 Å². The number of likely N-dealkylation sites (tertiary alicyclic amines) is 1. The molecule has 1 atom stereocenters. The van der Waals surface area contributed by atoms with Gasteiger partial charge in [0.25, 0.3) is 0 Å². The topological polar surface area (TPSA) is 88.8 Å². The van der Waals surface area contributed by atoms with Crippen molar-refractivity contribution in [2.24, 2.45) is 0 Å². The second-order valence-corrected chi connectivity index (χ2v) is 6.11. The smallest absolute Gasteiger partial charge is 0.322 e. The van der Waals surface area contributed by atoms with Crippen molar-refractivity contribution in [3.63, 3.8) is 0 Å². The molecule has 0 saturated carbocycles. The van der Waals surface area contributed by atoms with Crippen LogP contribution in [0.2, 0.25) is 0 Å². The van der Waals surface area contributed by atoms with Gasteiger partial charge >= 0.3 is 6.03 Å². The molecule has 1 unspecified atom stereocenters. The highest BCUT2D eigenvalue weighted by Gasteiger charge is 2.25. The van der Waals surface area contributed by atoms with E-state index in [0.717, 1.165) is 44.3 Å². The Balaban J connectivity index is 1.42. The Labute approximate surface area is 133 Å². The number of aromatic nitrogens is 5. The Morgan fingerprint density at radius 2 is 2.22 bits per heavy atom. The minimum Gasteiger partial charge on any atom is -0.322 e. The average Bonchev–Trinajstić information content (AvgIpc) is 3.26. The van der Waals surface area contributed by atoms with Crippen LogP contribution >= 0.6 is 0 Å². The van der Waals surface area contributed by atoms with Crippen molar-refractivity contribution < 1.29 is 4.79 Å². The van der Waals surface area contributed by atoms with Crippen molar-refractivity contribution >= 4 is 11.8 Å². The van der Waals surface area contributed by atoms with Gasteiger partial charge in [-0.3, -0.25) is 5.32 Å². The van der Waals surface area contributed by atoms with E-state index in [9.17, 15) is 4.79 Å². The van der Waals surface area contributed by atoms with Crippen LogP contribution in [0.25, 0.3) is 0 Å². The average molecular weight is 313 g/mol. The monoisotopic (exact) mass is 313 g/mol. The van der Waals surface area contributed by atoms with Gasteiger partial charge in [0.15, 0.2) is 5.82 Å². The Kier molecular flexibility index (Phi) is 3.64. The van der Waals surface area contributed by atoms with E-state index in [1.165, 1.54) is 5.56 Å². The van der Waals surface area contributed by atoms with E-state index >= 15 is 0 Å². The summed E-state index contributed by atoms with van der Waals surface area (Å²) < 4.78 is 1.83. The van der Waals surface area contributed by atoms with Crippen LogP contribution in [0.1, 0.15) is 36.6 Å². The summed E-state index contributed by atoms with van der Waals surface area (Å²) in [4.78, 5) is 14.3. The van der Waals surface area contributed by atoms with Gasteiger partial charge in [0, 0.05) is 19.3 Å². The molecule has 2 aromatic heterocycles. The molecule has 1 N–H and O–H groups in total. The molecule has 1 fully saturated rings. The SMILES string of the molecule is O=C(Nc1cc2c(nn1)CCC2)N1CCCC(n2ccnn2)C1. The first-order valence-electron chi connectivity index (χ1n) is 8.07. The van der Waals surface area contributed by atoms with E-state index in [1.807, 2.05) is 21.8 Å². The van der Waals surface area contributed by atoms with Crippen molar-refractivity contribution in [2.45, 2.75) is 38.1 Å². The number of aryl methyl sites for hydroxylation is 2. The molecular weight excluding hydrogens is 294 g/mol. The van der Waals surface area contributed by atoms with Crippen LogP contribution in [0.4, 0.5) is 10.6 Å². The Hall–Kier alpha value is -2.51. The molecule has 1 aliphatic heterocycles. The third kappa shape index (κ3) is 2.88. The second kappa shape index (κ2) is 5.94. The summed E-state index contributed by atoms with van der Waals surface area (Å²) in [7, 11) is 0. The number of nitrogens with one attached hydrogen (secondary N) is 1. The summed E-state index contributed by atoms with van der Waals surface area (Å²) in [5, 5.41) is 19.1. The lowest BCUT2D eigenvalue weighted by Crippen LogP contribution is -2.43. The molecule has 2 amide bonds. The zero-order valence-corrected chi connectivity index (χ0v) is 12.9. The normalized spacial score (nSPS) is 20.3. The molecule has 8 heteroatoms. The summed E-state index contributed by atoms with van der Waals surface area (Å²) in [6.07, 6.45) is 8.60. The third-order valence-electron chi connectivity index (χ3n) is 4.55. The van der Waals surface area contributed by atoms with Gasteiger partial charge in [-0.05, 0) is 43.7 Å². The molecule has 3 heterocycles. The molecule has 2 aromatic rings. The van der Waals surface area contributed by atoms with Gasteiger partial charge in [-0.25, -0.2) is 9.48 Å². The lowest BCUT2D eigenvalue weighted by Gasteiger charge is -2.32. The van der Waals surface area contributed by atoms with Gasteiger partial charge in [0.2, 0.25) is 0 Å². The number of amides is 2. The number of anilines is 1. The largest absolute Gasteiger partial charge is 0.323 e. The quantitative estimate of drug-likeness (QED) is 0.906. The maximum absolute atomic E-state index is 12.5. The van der Waals surface area contributed by atoms with E-state index in [1.54, 1.807) is 6.20 Å². The summed E-state index contributed by atoms with van der Waals surface area (Å²) >= 11 is 0. The maximum Gasteiger partial charge on any atom is 0.323 e. The predicted octanol–water partition coefficient (Wildman–Crippen LogP) is 1.43. The summed E-state index contributed by atoms with van der Waals surface area (Å²) in [5.74, 6) is 0.540. The summed E-state index contributed by atoms with van der Waals surface area (Å²) in [5.41, 5.74) is 2.27. The van der Waals surface area contributed by atoms with Crippen molar-refractivity contribution in [1.29, 1.82) is 0 Å². The van der Waals surface area contributed by atoms with Crippen molar-refractivity contribution in [1.82, 2.24) is 30.1 Å². The Morgan fingerprint density at radius 3 is 3.09 bits per heavy atom. The third-order valence-corrected chi connectivity index (χ3v) is 4.55. The number of urea groups is 1. The van der Waals surface area contributed by atoms with E-state index < -0.39 is 0 Å². The highest BCUT2D eigenvalue weighted by atomic mass is 16.2. The number of rotatable bonds is 2. The maximum atomic E-state index is 12.5. The fourth-order valence-electron chi connectivity index (χ4n) is 3.35.